The second-order valence-electron chi connectivity index (χ2n) is 6.76. The molecule has 0 saturated carbocycles. The van der Waals surface area contributed by atoms with Crippen LogP contribution in [0.2, 0.25) is 0 Å². The number of rotatable bonds is 1. The van der Waals surface area contributed by atoms with Crippen LogP contribution < -0.4 is 10.2 Å². The molecule has 0 amide bonds. The largest absolute Gasteiger partial charge is 0.355 e. The Labute approximate surface area is 146 Å². The minimum absolute atomic E-state index is 0.990. The molecule has 1 fully saturated rings. The van der Waals surface area contributed by atoms with Crippen molar-refractivity contribution in [2.24, 2.45) is 0 Å². The molecule has 5 nitrogen and oxygen atoms in total. The molecular formula is C20H21N5. The second-order valence-corrected chi connectivity index (χ2v) is 6.76. The standard InChI is InChI=1S/C20H21N5/c1-14-13-15-7-8-18(24-11-4-9-21-10-12-24)23-20(15)25-17-6-3-2-5-16(17)22-19(14)25/h2-3,5-8,13,21H,4,9-12H2,1H3. The van der Waals surface area contributed by atoms with Crippen molar-refractivity contribution in [1.29, 1.82) is 0 Å². The molecule has 0 bridgehead atoms. The smallest absolute Gasteiger partial charge is 0.148 e. The molecule has 5 rings (SSSR count). The molecule has 0 spiro atoms. The summed E-state index contributed by atoms with van der Waals surface area (Å²) in [6.07, 6.45) is 1.15. The van der Waals surface area contributed by atoms with E-state index in [-0.39, 0.29) is 0 Å². The average molecular weight is 331 g/mol. The summed E-state index contributed by atoms with van der Waals surface area (Å²) in [5.41, 5.74) is 5.30. The number of aromatic nitrogens is 3. The van der Waals surface area contributed by atoms with Crippen LogP contribution in [0.3, 0.4) is 0 Å². The molecule has 1 N–H and O–H groups in total. The number of pyridine rings is 2. The molecular weight excluding hydrogens is 310 g/mol. The number of fused-ring (bicyclic) bond motifs is 5. The quantitative estimate of drug-likeness (QED) is 0.582. The highest BCUT2D eigenvalue weighted by molar-refractivity contribution is 5.90. The minimum Gasteiger partial charge on any atom is -0.355 e. The summed E-state index contributed by atoms with van der Waals surface area (Å²) >= 11 is 0. The normalized spacial score (nSPS) is 16.0. The molecule has 0 aliphatic carbocycles. The summed E-state index contributed by atoms with van der Waals surface area (Å²) in [7, 11) is 0. The van der Waals surface area contributed by atoms with E-state index in [0.29, 0.717) is 0 Å². The predicted molar refractivity (Wildman–Crippen MR) is 102 cm³/mol. The van der Waals surface area contributed by atoms with E-state index >= 15 is 0 Å². The molecule has 0 radical (unpaired) electrons. The van der Waals surface area contributed by atoms with Crippen molar-refractivity contribution in [3.8, 4) is 0 Å². The van der Waals surface area contributed by atoms with E-state index in [4.69, 9.17) is 9.97 Å². The van der Waals surface area contributed by atoms with Crippen molar-refractivity contribution in [1.82, 2.24) is 19.7 Å². The Hall–Kier alpha value is -2.66. The zero-order valence-electron chi connectivity index (χ0n) is 14.4. The first-order valence-electron chi connectivity index (χ1n) is 8.94. The van der Waals surface area contributed by atoms with Gasteiger partial charge in [-0.1, -0.05) is 12.1 Å². The molecule has 4 aromatic rings. The molecule has 126 valence electrons. The maximum atomic E-state index is 5.05. The molecule has 4 heterocycles. The molecule has 1 aliphatic rings. The van der Waals surface area contributed by atoms with E-state index in [1.165, 1.54) is 5.56 Å². The van der Waals surface area contributed by atoms with Crippen LogP contribution in [0.25, 0.3) is 27.7 Å². The third kappa shape index (κ3) is 2.35. The van der Waals surface area contributed by atoms with E-state index in [1.807, 2.05) is 6.07 Å². The van der Waals surface area contributed by atoms with Crippen molar-refractivity contribution in [3.63, 3.8) is 0 Å². The third-order valence-electron chi connectivity index (χ3n) is 5.05. The monoisotopic (exact) mass is 331 g/mol. The fraction of sp³-hybridized carbons (Fsp3) is 0.300. The summed E-state index contributed by atoms with van der Waals surface area (Å²) in [6.45, 7) is 6.26. The molecule has 5 heteroatoms. The van der Waals surface area contributed by atoms with Gasteiger partial charge in [0.1, 0.15) is 17.1 Å². The van der Waals surface area contributed by atoms with E-state index in [2.05, 4.69) is 57.9 Å². The first-order chi connectivity index (χ1) is 12.3. The van der Waals surface area contributed by atoms with Crippen LogP contribution in [0, 0.1) is 6.92 Å². The van der Waals surface area contributed by atoms with Crippen molar-refractivity contribution in [2.75, 3.05) is 31.1 Å². The van der Waals surface area contributed by atoms with Crippen molar-refractivity contribution < 1.29 is 0 Å². The second kappa shape index (κ2) is 5.70. The zero-order valence-corrected chi connectivity index (χ0v) is 14.4. The van der Waals surface area contributed by atoms with Crippen molar-refractivity contribution in [2.45, 2.75) is 13.3 Å². The first kappa shape index (κ1) is 14.7. The van der Waals surface area contributed by atoms with Gasteiger partial charge in [0.05, 0.1) is 11.0 Å². The molecule has 1 saturated heterocycles. The lowest BCUT2D eigenvalue weighted by atomic mass is 10.2. The van der Waals surface area contributed by atoms with Gasteiger partial charge >= 0.3 is 0 Å². The predicted octanol–water partition coefficient (Wildman–Crippen LogP) is 3.14. The highest BCUT2D eigenvalue weighted by Gasteiger charge is 2.15. The Morgan fingerprint density at radius 3 is 2.84 bits per heavy atom. The van der Waals surface area contributed by atoms with Gasteiger partial charge in [-0.3, -0.25) is 4.40 Å². The number of aryl methyl sites for hydroxylation is 1. The van der Waals surface area contributed by atoms with Gasteiger partial charge in [0.15, 0.2) is 0 Å². The molecule has 3 aromatic heterocycles. The molecule has 1 aliphatic heterocycles. The number of benzene rings is 1. The highest BCUT2D eigenvalue weighted by Crippen LogP contribution is 2.26. The van der Waals surface area contributed by atoms with Gasteiger partial charge < -0.3 is 10.2 Å². The SMILES string of the molecule is Cc1cc2ccc(N3CCCNCC3)nc2n2c1nc1ccccc12. The summed E-state index contributed by atoms with van der Waals surface area (Å²) in [5, 5.41) is 4.61. The Kier molecular flexibility index (Phi) is 3.35. The summed E-state index contributed by atoms with van der Waals surface area (Å²) in [4.78, 5) is 12.3. The maximum Gasteiger partial charge on any atom is 0.148 e. The third-order valence-corrected chi connectivity index (χ3v) is 5.05. The zero-order chi connectivity index (χ0) is 16.8. The van der Waals surface area contributed by atoms with E-state index in [9.17, 15) is 0 Å². The van der Waals surface area contributed by atoms with E-state index in [0.717, 1.165) is 66.1 Å². The fourth-order valence-electron chi connectivity index (χ4n) is 3.79. The van der Waals surface area contributed by atoms with Crippen molar-refractivity contribution >= 4 is 33.5 Å². The van der Waals surface area contributed by atoms with Gasteiger partial charge in [-0.25, -0.2) is 9.97 Å². The number of hydrogen-bond donors (Lipinski definition) is 1. The summed E-state index contributed by atoms with van der Waals surface area (Å²) in [6, 6.07) is 14.8. The van der Waals surface area contributed by atoms with Crippen LogP contribution in [0.5, 0.6) is 0 Å². The maximum absolute atomic E-state index is 5.05. The van der Waals surface area contributed by atoms with E-state index < -0.39 is 0 Å². The van der Waals surface area contributed by atoms with Crippen LogP contribution in [0.15, 0.2) is 42.5 Å². The molecule has 0 atom stereocenters. The van der Waals surface area contributed by atoms with Crippen LogP contribution >= 0.6 is 0 Å². The Bertz CT molecular complexity index is 1070. The summed E-state index contributed by atoms with van der Waals surface area (Å²) in [5.74, 6) is 1.05. The number of nitrogens with one attached hydrogen (secondary N) is 1. The first-order valence-corrected chi connectivity index (χ1v) is 8.94. The topological polar surface area (TPSA) is 45.5 Å². The molecule has 1 aromatic carbocycles. The number of para-hydroxylation sites is 2. The Balaban J connectivity index is 1.79. The minimum atomic E-state index is 0.990. The van der Waals surface area contributed by atoms with Gasteiger partial charge in [0.25, 0.3) is 0 Å². The number of anilines is 1. The van der Waals surface area contributed by atoms with Gasteiger partial charge in [-0.2, -0.15) is 0 Å². The molecule has 0 unspecified atom stereocenters. The van der Waals surface area contributed by atoms with E-state index in [1.54, 1.807) is 0 Å². The van der Waals surface area contributed by atoms with Gasteiger partial charge in [-0.15, -0.1) is 0 Å². The average Bonchev–Trinajstić information content (AvgIpc) is 2.83. The van der Waals surface area contributed by atoms with Crippen molar-refractivity contribution in [3.05, 3.63) is 48.0 Å². The van der Waals surface area contributed by atoms with Crippen LogP contribution in [0.1, 0.15) is 12.0 Å². The lowest BCUT2D eigenvalue weighted by Crippen LogP contribution is -2.28. The number of nitrogens with zero attached hydrogens (tertiary/aromatic N) is 4. The molecule has 25 heavy (non-hydrogen) atoms. The fourth-order valence-corrected chi connectivity index (χ4v) is 3.79. The lowest BCUT2D eigenvalue weighted by molar-refractivity contribution is 0.724. The van der Waals surface area contributed by atoms with Gasteiger partial charge in [0.2, 0.25) is 0 Å². The number of hydrogen-bond acceptors (Lipinski definition) is 4. The summed E-state index contributed by atoms with van der Waals surface area (Å²) < 4.78 is 2.21. The van der Waals surface area contributed by atoms with Crippen LogP contribution in [-0.4, -0.2) is 40.5 Å². The Morgan fingerprint density at radius 1 is 0.960 bits per heavy atom. The van der Waals surface area contributed by atoms with Crippen LogP contribution in [0.4, 0.5) is 5.82 Å². The highest BCUT2D eigenvalue weighted by atomic mass is 15.2. The van der Waals surface area contributed by atoms with Gasteiger partial charge in [0, 0.05) is 25.0 Å². The lowest BCUT2D eigenvalue weighted by Gasteiger charge is -2.21. The Morgan fingerprint density at radius 2 is 1.88 bits per heavy atom. The van der Waals surface area contributed by atoms with Crippen LogP contribution in [-0.2, 0) is 0 Å². The number of imidazole rings is 1. The van der Waals surface area contributed by atoms with Gasteiger partial charge in [-0.05, 0) is 55.8 Å².